The molecule has 4 aromatic rings. The van der Waals surface area contributed by atoms with E-state index in [0.717, 1.165) is 26.6 Å². The molecule has 2 aromatic heterocycles. The molecule has 2 fully saturated rings. The normalized spacial score (nSPS) is 18.4. The molecule has 3 aliphatic heterocycles. The smallest absolute Gasteiger partial charge is 0.251 e. The molecule has 3 aliphatic rings. The van der Waals surface area contributed by atoms with Crippen molar-refractivity contribution in [3.8, 4) is 11.5 Å². The number of carbonyl (C=O) groups excluding carboxylic acids is 3. The summed E-state index contributed by atoms with van der Waals surface area (Å²) in [5.41, 5.74) is 2.23. The summed E-state index contributed by atoms with van der Waals surface area (Å²) in [4.78, 5) is 47.2. The van der Waals surface area contributed by atoms with Gasteiger partial charge in [0.15, 0.2) is 5.79 Å². The maximum Gasteiger partial charge on any atom is 0.251 e. The van der Waals surface area contributed by atoms with Gasteiger partial charge >= 0.3 is 0 Å². The molecular weight excluding hydrogens is 558 g/mol. The molecule has 2 saturated heterocycles. The monoisotopic (exact) mass is 585 g/mol. The highest BCUT2D eigenvalue weighted by Crippen LogP contribution is 2.47. The number of para-hydroxylation sites is 1. The Bertz CT molecular complexity index is 1670. The fourth-order valence-corrected chi connectivity index (χ4v) is 6.42. The van der Waals surface area contributed by atoms with E-state index in [1.165, 1.54) is 4.90 Å². The van der Waals surface area contributed by atoms with Gasteiger partial charge in [-0.2, -0.15) is 0 Å². The lowest BCUT2D eigenvalue weighted by molar-refractivity contribution is -0.152. The highest BCUT2D eigenvalue weighted by Gasteiger charge is 2.52. The molecule has 0 aliphatic carbocycles. The Hall–Kier alpha value is -4.39. The lowest BCUT2D eigenvalue weighted by Gasteiger charge is -2.24. The number of benzene rings is 2. The molecule has 0 saturated carbocycles. The molecule has 2 aromatic carbocycles. The molecular formula is C30H27N5O6S. The van der Waals surface area contributed by atoms with Crippen LogP contribution in [0.2, 0.25) is 0 Å². The third-order valence-electron chi connectivity index (χ3n) is 7.55. The summed E-state index contributed by atoms with van der Waals surface area (Å²) >= 11 is 1.57. The lowest BCUT2D eigenvalue weighted by atomic mass is 10.1. The second-order valence-electron chi connectivity index (χ2n) is 10.3. The third kappa shape index (κ3) is 5.08. The largest absolute Gasteiger partial charge is 0.455 e. The number of likely N-dealkylation sites (tertiary alicyclic amines) is 1. The highest BCUT2D eigenvalue weighted by atomic mass is 32.2. The molecule has 1 unspecified atom stereocenters. The van der Waals surface area contributed by atoms with E-state index in [9.17, 15) is 14.4 Å². The molecule has 3 amide bonds. The Morgan fingerprint density at radius 2 is 1.83 bits per heavy atom. The zero-order chi connectivity index (χ0) is 28.7. The predicted octanol–water partition coefficient (Wildman–Crippen LogP) is 2.98. The van der Waals surface area contributed by atoms with E-state index >= 15 is 0 Å². The highest BCUT2D eigenvalue weighted by molar-refractivity contribution is 7.99. The summed E-state index contributed by atoms with van der Waals surface area (Å²) in [6.07, 6.45) is 5.50. The Balaban J connectivity index is 1.01. The van der Waals surface area contributed by atoms with Gasteiger partial charge in [0.2, 0.25) is 11.8 Å². The van der Waals surface area contributed by atoms with E-state index < -0.39 is 23.6 Å². The van der Waals surface area contributed by atoms with Crippen molar-refractivity contribution in [1.82, 2.24) is 24.9 Å². The second-order valence-corrected chi connectivity index (χ2v) is 11.4. The van der Waals surface area contributed by atoms with Crippen LogP contribution in [0.1, 0.15) is 22.3 Å². The van der Waals surface area contributed by atoms with Crippen LogP contribution in [-0.4, -0.2) is 70.1 Å². The van der Waals surface area contributed by atoms with Crippen LogP contribution in [0.3, 0.4) is 0 Å². The number of hydrogen-bond acceptors (Lipinski definition) is 8. The van der Waals surface area contributed by atoms with E-state index in [1.54, 1.807) is 36.4 Å². The first-order chi connectivity index (χ1) is 20.5. The summed E-state index contributed by atoms with van der Waals surface area (Å²) in [6.45, 7) is 0.883. The fraction of sp³-hybridized carbons (Fsp3) is 0.267. The summed E-state index contributed by atoms with van der Waals surface area (Å²) in [6, 6.07) is 15.9. The van der Waals surface area contributed by atoms with Crippen molar-refractivity contribution < 1.29 is 28.6 Å². The molecule has 7 rings (SSSR count). The van der Waals surface area contributed by atoms with Gasteiger partial charge in [0, 0.05) is 36.4 Å². The zero-order valence-corrected chi connectivity index (χ0v) is 23.3. The Kier molecular flexibility index (Phi) is 6.81. The van der Waals surface area contributed by atoms with E-state index in [1.807, 2.05) is 53.1 Å². The average Bonchev–Trinajstić information content (AvgIpc) is 3.75. The van der Waals surface area contributed by atoms with Gasteiger partial charge in [-0.05, 0) is 48.0 Å². The van der Waals surface area contributed by atoms with Crippen LogP contribution >= 0.6 is 11.8 Å². The predicted molar refractivity (Wildman–Crippen MR) is 151 cm³/mol. The van der Waals surface area contributed by atoms with Crippen LogP contribution < -0.4 is 15.4 Å². The van der Waals surface area contributed by atoms with Gasteiger partial charge in [0.1, 0.15) is 17.5 Å². The van der Waals surface area contributed by atoms with Crippen LogP contribution in [0.15, 0.2) is 83.1 Å². The minimum atomic E-state index is -1.03. The molecule has 0 radical (unpaired) electrons. The molecule has 1 atom stereocenters. The van der Waals surface area contributed by atoms with E-state index in [0.29, 0.717) is 24.5 Å². The van der Waals surface area contributed by atoms with Crippen molar-refractivity contribution in [2.75, 3.05) is 26.3 Å². The Morgan fingerprint density at radius 1 is 1.00 bits per heavy atom. The van der Waals surface area contributed by atoms with Crippen molar-refractivity contribution in [2.24, 2.45) is 0 Å². The number of nitrogens with zero attached hydrogens (tertiary/aromatic N) is 3. The van der Waals surface area contributed by atoms with E-state index in [4.69, 9.17) is 14.2 Å². The average molecular weight is 586 g/mol. The van der Waals surface area contributed by atoms with E-state index in [2.05, 4.69) is 15.6 Å². The maximum absolute atomic E-state index is 13.4. The SMILES string of the molecule is O=C(NCC(=O)N1CC2(CC1C(=O)NCc1cc3ccncn3c1)OCCO2)c1ccc2c(c1)Oc1ccccc1S2. The van der Waals surface area contributed by atoms with Gasteiger partial charge in [-0.25, -0.2) is 4.98 Å². The number of carbonyl (C=O) groups is 3. The van der Waals surface area contributed by atoms with Crippen LogP contribution in [-0.2, 0) is 25.6 Å². The summed E-state index contributed by atoms with van der Waals surface area (Å²) in [7, 11) is 0. The number of amides is 3. The maximum atomic E-state index is 13.4. The van der Waals surface area contributed by atoms with Gasteiger partial charge in [-0.1, -0.05) is 23.9 Å². The zero-order valence-electron chi connectivity index (χ0n) is 22.4. The third-order valence-corrected chi connectivity index (χ3v) is 8.66. The lowest BCUT2D eigenvalue weighted by Crippen LogP contribution is -2.49. The molecule has 12 heteroatoms. The topological polar surface area (TPSA) is 124 Å². The number of fused-ring (bicyclic) bond motifs is 3. The van der Waals surface area contributed by atoms with Crippen molar-refractivity contribution in [2.45, 2.75) is 34.6 Å². The molecule has 0 bridgehead atoms. The summed E-state index contributed by atoms with van der Waals surface area (Å²) in [5, 5.41) is 5.64. The Labute approximate surface area is 245 Å². The van der Waals surface area contributed by atoms with Crippen molar-refractivity contribution in [3.05, 3.63) is 84.4 Å². The van der Waals surface area contributed by atoms with Gasteiger partial charge < -0.3 is 34.1 Å². The van der Waals surface area contributed by atoms with Crippen molar-refractivity contribution in [3.63, 3.8) is 0 Å². The molecule has 42 heavy (non-hydrogen) atoms. The molecule has 5 heterocycles. The van der Waals surface area contributed by atoms with Crippen LogP contribution in [0.5, 0.6) is 11.5 Å². The quantitative estimate of drug-likeness (QED) is 0.312. The fourth-order valence-electron chi connectivity index (χ4n) is 5.49. The number of ether oxygens (including phenoxy) is 3. The first-order valence-corrected chi connectivity index (χ1v) is 14.4. The summed E-state index contributed by atoms with van der Waals surface area (Å²) in [5.74, 6) is -0.852. The molecule has 1 spiro atoms. The van der Waals surface area contributed by atoms with Gasteiger partial charge in [-0.15, -0.1) is 0 Å². The van der Waals surface area contributed by atoms with Crippen molar-refractivity contribution >= 4 is 35.0 Å². The van der Waals surface area contributed by atoms with Gasteiger partial charge in [0.05, 0.1) is 42.4 Å². The second kappa shape index (κ2) is 10.8. The van der Waals surface area contributed by atoms with Gasteiger partial charge in [-0.3, -0.25) is 14.4 Å². The number of rotatable bonds is 6. The first-order valence-electron chi connectivity index (χ1n) is 13.6. The minimum Gasteiger partial charge on any atom is -0.455 e. The minimum absolute atomic E-state index is 0.102. The van der Waals surface area contributed by atoms with Crippen LogP contribution in [0, 0.1) is 0 Å². The molecule has 2 N–H and O–H groups in total. The molecule has 214 valence electrons. The van der Waals surface area contributed by atoms with Crippen molar-refractivity contribution in [1.29, 1.82) is 0 Å². The van der Waals surface area contributed by atoms with E-state index in [-0.39, 0.29) is 32.0 Å². The first kappa shape index (κ1) is 26.5. The van der Waals surface area contributed by atoms with Gasteiger partial charge in [0.25, 0.3) is 5.91 Å². The van der Waals surface area contributed by atoms with Crippen LogP contribution in [0.4, 0.5) is 0 Å². The Morgan fingerprint density at radius 3 is 2.69 bits per heavy atom. The standard InChI is InChI=1S/C30H27N5O6S/c36-27(15-33-28(37)20-5-6-26-24(12-20)41-23-3-1-2-4-25(23)42-26)35-17-30(39-9-10-40-30)13-22(35)29(38)32-14-19-11-21-7-8-31-18-34(21)16-19/h1-8,11-12,16,18,22H,9-10,13-15,17H2,(H,32,38)(H,33,37). The van der Waals surface area contributed by atoms with Crippen LogP contribution in [0.25, 0.3) is 5.52 Å². The molecule has 11 nitrogen and oxygen atoms in total. The number of hydrogen-bond donors (Lipinski definition) is 2. The number of aromatic nitrogens is 2. The summed E-state index contributed by atoms with van der Waals surface area (Å²) < 4.78 is 19.5. The number of nitrogens with one attached hydrogen (secondary N) is 2.